The molecule has 0 spiro atoms. The standard InChI is InChI=1S/C17H26ClN3O/c1-13(19)3-8-17(22)21-11-9-20(10-12-21)14(2)15-4-6-16(18)7-5-15/h4-7,13-14H,3,8-12,19H2,1-2H3. The lowest BCUT2D eigenvalue weighted by Gasteiger charge is -2.38. The minimum atomic E-state index is 0.0927. The number of rotatable bonds is 5. The highest BCUT2D eigenvalue weighted by atomic mass is 35.5. The Labute approximate surface area is 138 Å². The van der Waals surface area contributed by atoms with Gasteiger partial charge in [0, 0.05) is 49.7 Å². The number of carbonyl (C=O) groups is 1. The van der Waals surface area contributed by atoms with E-state index < -0.39 is 0 Å². The first kappa shape index (κ1) is 17.3. The monoisotopic (exact) mass is 323 g/mol. The Bertz CT molecular complexity index is 481. The van der Waals surface area contributed by atoms with Crippen LogP contribution in [0.2, 0.25) is 5.02 Å². The van der Waals surface area contributed by atoms with Crippen LogP contribution in [0.1, 0.15) is 38.3 Å². The molecule has 4 nitrogen and oxygen atoms in total. The molecule has 122 valence electrons. The Hall–Kier alpha value is -1.10. The molecular weight excluding hydrogens is 298 g/mol. The van der Waals surface area contributed by atoms with Crippen LogP contribution in [0.15, 0.2) is 24.3 Å². The van der Waals surface area contributed by atoms with Crippen molar-refractivity contribution in [1.82, 2.24) is 9.80 Å². The fourth-order valence-corrected chi connectivity index (χ4v) is 2.95. The van der Waals surface area contributed by atoms with E-state index in [0.717, 1.165) is 37.6 Å². The number of hydrogen-bond donors (Lipinski definition) is 1. The number of carbonyl (C=O) groups excluding carboxylic acids is 1. The van der Waals surface area contributed by atoms with E-state index in [1.165, 1.54) is 5.56 Å². The highest BCUT2D eigenvalue weighted by Crippen LogP contribution is 2.23. The van der Waals surface area contributed by atoms with Crippen LogP contribution in [0.25, 0.3) is 0 Å². The Morgan fingerprint density at radius 2 is 1.77 bits per heavy atom. The molecule has 1 aliphatic rings. The van der Waals surface area contributed by atoms with E-state index in [1.54, 1.807) is 0 Å². The van der Waals surface area contributed by atoms with Crippen LogP contribution < -0.4 is 5.73 Å². The van der Waals surface area contributed by atoms with E-state index in [-0.39, 0.29) is 11.9 Å². The summed E-state index contributed by atoms with van der Waals surface area (Å²) in [5, 5.41) is 0.764. The number of nitrogens with zero attached hydrogens (tertiary/aromatic N) is 2. The zero-order chi connectivity index (χ0) is 16.1. The summed E-state index contributed by atoms with van der Waals surface area (Å²) in [6.45, 7) is 7.57. The summed E-state index contributed by atoms with van der Waals surface area (Å²) < 4.78 is 0. The number of nitrogens with two attached hydrogens (primary N) is 1. The molecule has 0 saturated carbocycles. The molecule has 1 heterocycles. The quantitative estimate of drug-likeness (QED) is 0.906. The number of halogens is 1. The number of amides is 1. The van der Waals surface area contributed by atoms with Gasteiger partial charge in [-0.05, 0) is 38.0 Å². The number of benzene rings is 1. The predicted molar refractivity (Wildman–Crippen MR) is 90.9 cm³/mol. The Balaban J connectivity index is 1.83. The molecule has 0 radical (unpaired) electrons. The maximum Gasteiger partial charge on any atom is 0.222 e. The highest BCUT2D eigenvalue weighted by molar-refractivity contribution is 6.30. The minimum Gasteiger partial charge on any atom is -0.340 e. The molecule has 0 aromatic heterocycles. The molecule has 2 unspecified atom stereocenters. The van der Waals surface area contributed by atoms with Crippen molar-refractivity contribution in [3.05, 3.63) is 34.9 Å². The average molecular weight is 324 g/mol. The maximum atomic E-state index is 12.1. The lowest BCUT2D eigenvalue weighted by atomic mass is 10.1. The van der Waals surface area contributed by atoms with E-state index in [1.807, 2.05) is 24.0 Å². The summed E-state index contributed by atoms with van der Waals surface area (Å²) in [5.74, 6) is 0.232. The van der Waals surface area contributed by atoms with Crippen LogP contribution in [0.3, 0.4) is 0 Å². The van der Waals surface area contributed by atoms with Gasteiger partial charge in [0.25, 0.3) is 0 Å². The van der Waals surface area contributed by atoms with E-state index in [0.29, 0.717) is 12.5 Å². The summed E-state index contributed by atoms with van der Waals surface area (Å²) in [6, 6.07) is 8.46. The second kappa shape index (κ2) is 7.95. The smallest absolute Gasteiger partial charge is 0.222 e. The van der Waals surface area contributed by atoms with Crippen molar-refractivity contribution >= 4 is 17.5 Å². The van der Waals surface area contributed by atoms with Gasteiger partial charge in [-0.3, -0.25) is 9.69 Å². The van der Waals surface area contributed by atoms with Crippen molar-refractivity contribution in [2.75, 3.05) is 26.2 Å². The van der Waals surface area contributed by atoms with Gasteiger partial charge in [-0.2, -0.15) is 0 Å². The van der Waals surface area contributed by atoms with Gasteiger partial charge >= 0.3 is 0 Å². The van der Waals surface area contributed by atoms with Gasteiger partial charge in [-0.15, -0.1) is 0 Å². The summed E-state index contributed by atoms with van der Waals surface area (Å²) in [4.78, 5) is 16.5. The molecule has 1 aliphatic heterocycles. The first-order chi connectivity index (χ1) is 10.5. The van der Waals surface area contributed by atoms with E-state index in [9.17, 15) is 4.79 Å². The van der Waals surface area contributed by atoms with Crippen LogP contribution in [-0.2, 0) is 4.79 Å². The second-order valence-electron chi connectivity index (χ2n) is 6.16. The van der Waals surface area contributed by atoms with Crippen molar-refractivity contribution in [1.29, 1.82) is 0 Å². The van der Waals surface area contributed by atoms with Crippen LogP contribution in [0.5, 0.6) is 0 Å². The molecular formula is C17H26ClN3O. The second-order valence-corrected chi connectivity index (χ2v) is 6.60. The first-order valence-corrected chi connectivity index (χ1v) is 8.38. The Morgan fingerprint density at radius 1 is 1.18 bits per heavy atom. The molecule has 2 N–H and O–H groups in total. The minimum absolute atomic E-state index is 0.0927. The van der Waals surface area contributed by atoms with Crippen molar-refractivity contribution in [2.24, 2.45) is 5.73 Å². The molecule has 2 atom stereocenters. The molecule has 2 rings (SSSR count). The normalized spacial score (nSPS) is 19.0. The third kappa shape index (κ3) is 4.70. The molecule has 0 bridgehead atoms. The van der Waals surface area contributed by atoms with Crippen LogP contribution in [0, 0.1) is 0 Å². The summed E-state index contributed by atoms with van der Waals surface area (Å²) in [6.07, 6.45) is 1.32. The Morgan fingerprint density at radius 3 is 2.32 bits per heavy atom. The van der Waals surface area contributed by atoms with E-state index >= 15 is 0 Å². The van der Waals surface area contributed by atoms with Crippen molar-refractivity contribution < 1.29 is 4.79 Å². The van der Waals surface area contributed by atoms with Gasteiger partial charge in [0.05, 0.1) is 0 Å². The summed E-state index contributed by atoms with van der Waals surface area (Å²) >= 11 is 5.94. The molecule has 0 aliphatic carbocycles. The lowest BCUT2D eigenvalue weighted by Crippen LogP contribution is -2.49. The average Bonchev–Trinajstić information content (AvgIpc) is 2.53. The first-order valence-electron chi connectivity index (χ1n) is 8.00. The van der Waals surface area contributed by atoms with Crippen LogP contribution in [0.4, 0.5) is 0 Å². The zero-order valence-electron chi connectivity index (χ0n) is 13.5. The van der Waals surface area contributed by atoms with Gasteiger partial charge < -0.3 is 10.6 Å². The van der Waals surface area contributed by atoms with Crippen molar-refractivity contribution in [3.8, 4) is 0 Å². The fourth-order valence-electron chi connectivity index (χ4n) is 2.82. The third-order valence-corrected chi connectivity index (χ3v) is 4.63. The van der Waals surface area contributed by atoms with Gasteiger partial charge in [-0.25, -0.2) is 0 Å². The predicted octanol–water partition coefficient (Wildman–Crippen LogP) is 2.67. The molecule has 1 saturated heterocycles. The molecule has 1 fully saturated rings. The van der Waals surface area contributed by atoms with Gasteiger partial charge in [-0.1, -0.05) is 23.7 Å². The van der Waals surface area contributed by atoms with Gasteiger partial charge in [0.15, 0.2) is 0 Å². The van der Waals surface area contributed by atoms with Crippen LogP contribution >= 0.6 is 11.6 Å². The maximum absolute atomic E-state index is 12.1. The summed E-state index contributed by atoms with van der Waals surface area (Å²) in [7, 11) is 0. The van der Waals surface area contributed by atoms with Crippen molar-refractivity contribution in [3.63, 3.8) is 0 Å². The highest BCUT2D eigenvalue weighted by Gasteiger charge is 2.24. The number of piperazine rings is 1. The van der Waals surface area contributed by atoms with Crippen LogP contribution in [-0.4, -0.2) is 47.9 Å². The lowest BCUT2D eigenvalue weighted by molar-refractivity contribution is -0.133. The molecule has 1 amide bonds. The molecule has 5 heteroatoms. The molecule has 1 aromatic rings. The molecule has 1 aromatic carbocycles. The fraction of sp³-hybridized carbons (Fsp3) is 0.588. The third-order valence-electron chi connectivity index (χ3n) is 4.38. The zero-order valence-corrected chi connectivity index (χ0v) is 14.2. The molecule has 22 heavy (non-hydrogen) atoms. The summed E-state index contributed by atoms with van der Waals surface area (Å²) in [5.41, 5.74) is 6.98. The SMILES string of the molecule is CC(N)CCC(=O)N1CCN(C(C)c2ccc(Cl)cc2)CC1. The Kier molecular flexibility index (Phi) is 6.24. The number of hydrogen-bond acceptors (Lipinski definition) is 3. The van der Waals surface area contributed by atoms with E-state index in [2.05, 4.69) is 24.0 Å². The van der Waals surface area contributed by atoms with Crippen molar-refractivity contribution in [2.45, 2.75) is 38.8 Å². The van der Waals surface area contributed by atoms with E-state index in [4.69, 9.17) is 17.3 Å². The topological polar surface area (TPSA) is 49.6 Å². The van der Waals surface area contributed by atoms with Gasteiger partial charge in [0.1, 0.15) is 0 Å². The largest absolute Gasteiger partial charge is 0.340 e. The van der Waals surface area contributed by atoms with Gasteiger partial charge in [0.2, 0.25) is 5.91 Å².